The summed E-state index contributed by atoms with van der Waals surface area (Å²) in [4.78, 5) is 4.78. The minimum absolute atomic E-state index is 0.0190. The number of ether oxygens (including phenoxy) is 1. The molecule has 1 aliphatic carbocycles. The summed E-state index contributed by atoms with van der Waals surface area (Å²) in [5.74, 6) is 2.31. The molecule has 2 aliphatic rings. The Balaban J connectivity index is 1.79. The van der Waals surface area contributed by atoms with Gasteiger partial charge in [-0.05, 0) is 45.2 Å². The van der Waals surface area contributed by atoms with Crippen molar-refractivity contribution in [3.8, 4) is 0 Å². The second kappa shape index (κ2) is 6.22. The van der Waals surface area contributed by atoms with Crippen molar-refractivity contribution in [1.82, 2.24) is 15.5 Å². The summed E-state index contributed by atoms with van der Waals surface area (Å²) in [7, 11) is 1.76. The zero-order valence-electron chi connectivity index (χ0n) is 12.4. The van der Waals surface area contributed by atoms with Gasteiger partial charge in [-0.25, -0.2) is 0 Å². The van der Waals surface area contributed by atoms with E-state index >= 15 is 0 Å². The van der Waals surface area contributed by atoms with Crippen LogP contribution < -0.4 is 5.32 Å². The first kappa shape index (κ1) is 14.0. The van der Waals surface area contributed by atoms with E-state index in [2.05, 4.69) is 10.5 Å². The number of methoxy groups -OCH3 is 1. The lowest BCUT2D eigenvalue weighted by molar-refractivity contribution is 0.131. The maximum Gasteiger partial charge on any atom is 0.233 e. The summed E-state index contributed by atoms with van der Waals surface area (Å²) in [6, 6.07) is 0. The van der Waals surface area contributed by atoms with Gasteiger partial charge in [-0.15, -0.1) is 0 Å². The molecule has 0 atom stereocenters. The minimum atomic E-state index is 0.0190. The third-order valence-corrected chi connectivity index (χ3v) is 4.96. The van der Waals surface area contributed by atoms with E-state index in [1.54, 1.807) is 7.11 Å². The van der Waals surface area contributed by atoms with Crippen molar-refractivity contribution in [2.24, 2.45) is 0 Å². The van der Waals surface area contributed by atoms with Crippen molar-refractivity contribution in [3.05, 3.63) is 11.7 Å². The lowest BCUT2D eigenvalue weighted by Gasteiger charge is -2.34. The zero-order chi connectivity index (χ0) is 13.8. The van der Waals surface area contributed by atoms with Gasteiger partial charge in [0.25, 0.3) is 0 Å². The van der Waals surface area contributed by atoms with Crippen LogP contribution in [0, 0.1) is 0 Å². The molecule has 1 saturated heterocycles. The first-order valence-corrected chi connectivity index (χ1v) is 7.88. The van der Waals surface area contributed by atoms with Gasteiger partial charge in [0.05, 0.1) is 5.41 Å². The Labute approximate surface area is 120 Å². The smallest absolute Gasteiger partial charge is 0.233 e. The van der Waals surface area contributed by atoms with Crippen LogP contribution in [-0.4, -0.2) is 36.9 Å². The van der Waals surface area contributed by atoms with Gasteiger partial charge < -0.3 is 14.6 Å². The monoisotopic (exact) mass is 279 g/mol. The molecule has 1 aromatic rings. The lowest BCUT2D eigenvalue weighted by Crippen LogP contribution is -2.41. The predicted octanol–water partition coefficient (Wildman–Crippen LogP) is 2.38. The number of hydrogen-bond donors (Lipinski definition) is 1. The van der Waals surface area contributed by atoms with Gasteiger partial charge >= 0.3 is 0 Å². The average molecular weight is 279 g/mol. The Morgan fingerprint density at radius 2 is 2.05 bits per heavy atom. The molecular formula is C15H25N3O2. The van der Waals surface area contributed by atoms with Crippen molar-refractivity contribution in [1.29, 1.82) is 0 Å². The summed E-state index contributed by atoms with van der Waals surface area (Å²) < 4.78 is 11.0. The molecule has 0 radical (unpaired) electrons. The molecule has 20 heavy (non-hydrogen) atoms. The third-order valence-electron chi connectivity index (χ3n) is 4.96. The Kier molecular flexibility index (Phi) is 4.36. The molecule has 1 saturated carbocycles. The van der Waals surface area contributed by atoms with E-state index in [4.69, 9.17) is 14.2 Å². The van der Waals surface area contributed by atoms with Crippen LogP contribution in [0.1, 0.15) is 62.6 Å². The van der Waals surface area contributed by atoms with Gasteiger partial charge in [0.1, 0.15) is 0 Å². The summed E-state index contributed by atoms with van der Waals surface area (Å²) in [5.41, 5.74) is 0.0190. The third kappa shape index (κ3) is 2.74. The Morgan fingerprint density at radius 1 is 1.30 bits per heavy atom. The first-order chi connectivity index (χ1) is 9.84. The first-order valence-electron chi connectivity index (χ1n) is 7.88. The van der Waals surface area contributed by atoms with Gasteiger partial charge in [0.15, 0.2) is 5.82 Å². The fourth-order valence-corrected chi connectivity index (χ4v) is 3.57. The summed E-state index contributed by atoms with van der Waals surface area (Å²) >= 11 is 0. The van der Waals surface area contributed by atoms with Crippen molar-refractivity contribution >= 4 is 0 Å². The molecule has 5 nitrogen and oxygen atoms in total. The molecule has 5 heteroatoms. The highest BCUT2D eigenvalue weighted by molar-refractivity contribution is 5.10. The van der Waals surface area contributed by atoms with Gasteiger partial charge in [0.2, 0.25) is 5.89 Å². The second-order valence-electron chi connectivity index (χ2n) is 6.21. The molecule has 0 spiro atoms. The molecule has 112 valence electrons. The van der Waals surface area contributed by atoms with Crippen molar-refractivity contribution in [3.63, 3.8) is 0 Å². The Bertz CT molecular complexity index is 421. The number of piperidine rings is 1. The van der Waals surface area contributed by atoms with Crippen LogP contribution >= 0.6 is 0 Å². The van der Waals surface area contributed by atoms with E-state index in [1.165, 1.54) is 25.7 Å². The molecule has 1 aromatic heterocycles. The van der Waals surface area contributed by atoms with Crippen LogP contribution in [0.4, 0.5) is 0 Å². The van der Waals surface area contributed by atoms with Gasteiger partial charge in [-0.1, -0.05) is 18.0 Å². The van der Waals surface area contributed by atoms with Gasteiger partial charge in [-0.3, -0.25) is 0 Å². The van der Waals surface area contributed by atoms with Crippen LogP contribution in [-0.2, 0) is 10.2 Å². The van der Waals surface area contributed by atoms with E-state index in [9.17, 15) is 0 Å². The van der Waals surface area contributed by atoms with Crippen molar-refractivity contribution in [2.45, 2.75) is 56.3 Å². The normalized spacial score (nSPS) is 23.2. The molecule has 2 fully saturated rings. The highest BCUT2D eigenvalue weighted by atomic mass is 16.5. The van der Waals surface area contributed by atoms with Crippen LogP contribution in [0.15, 0.2) is 4.52 Å². The maximum atomic E-state index is 5.67. The zero-order valence-corrected chi connectivity index (χ0v) is 12.4. The number of nitrogens with zero attached hydrogens (tertiary/aromatic N) is 2. The number of aromatic nitrogens is 2. The molecule has 0 bridgehead atoms. The number of hydrogen-bond acceptors (Lipinski definition) is 5. The molecule has 3 rings (SSSR count). The number of rotatable bonds is 5. The van der Waals surface area contributed by atoms with Crippen LogP contribution in [0.3, 0.4) is 0 Å². The van der Waals surface area contributed by atoms with Crippen LogP contribution in [0.2, 0.25) is 0 Å². The summed E-state index contributed by atoms with van der Waals surface area (Å²) in [6.45, 7) is 2.79. The van der Waals surface area contributed by atoms with E-state index in [0.29, 0.717) is 5.92 Å². The molecule has 1 aliphatic heterocycles. The molecule has 0 aromatic carbocycles. The van der Waals surface area contributed by atoms with E-state index in [1.807, 2.05) is 0 Å². The van der Waals surface area contributed by atoms with Crippen molar-refractivity contribution < 1.29 is 9.26 Å². The highest BCUT2D eigenvalue weighted by Crippen LogP contribution is 2.38. The fraction of sp³-hybridized carbons (Fsp3) is 0.867. The molecule has 1 N–H and O–H groups in total. The predicted molar refractivity (Wildman–Crippen MR) is 75.8 cm³/mol. The fourth-order valence-electron chi connectivity index (χ4n) is 3.57. The van der Waals surface area contributed by atoms with E-state index < -0.39 is 0 Å². The lowest BCUT2D eigenvalue weighted by atomic mass is 9.76. The van der Waals surface area contributed by atoms with Crippen LogP contribution in [0.25, 0.3) is 0 Å². The quantitative estimate of drug-likeness (QED) is 0.896. The highest BCUT2D eigenvalue weighted by Gasteiger charge is 2.39. The number of nitrogens with one attached hydrogen (secondary N) is 1. The van der Waals surface area contributed by atoms with Gasteiger partial charge in [-0.2, -0.15) is 4.98 Å². The van der Waals surface area contributed by atoms with Gasteiger partial charge in [0, 0.05) is 19.6 Å². The van der Waals surface area contributed by atoms with Crippen molar-refractivity contribution in [2.75, 3.05) is 26.8 Å². The second-order valence-corrected chi connectivity index (χ2v) is 6.21. The maximum absolute atomic E-state index is 5.67. The summed E-state index contributed by atoms with van der Waals surface area (Å²) in [6.07, 6.45) is 8.11. The largest absolute Gasteiger partial charge is 0.385 e. The average Bonchev–Trinajstić information content (AvgIpc) is 3.16. The molecular weight excluding hydrogens is 254 g/mol. The van der Waals surface area contributed by atoms with E-state index in [-0.39, 0.29) is 5.41 Å². The molecule has 0 amide bonds. The Hall–Kier alpha value is -0.940. The minimum Gasteiger partial charge on any atom is -0.385 e. The molecule has 2 heterocycles. The Morgan fingerprint density at radius 3 is 2.75 bits per heavy atom. The van der Waals surface area contributed by atoms with E-state index in [0.717, 1.165) is 50.7 Å². The molecule has 0 unspecified atom stereocenters. The van der Waals surface area contributed by atoms with Crippen LogP contribution in [0.5, 0.6) is 0 Å². The topological polar surface area (TPSA) is 60.2 Å². The summed E-state index contributed by atoms with van der Waals surface area (Å²) in [5, 5.41) is 7.70. The standard InChI is InChI=1S/C15H25N3O2/c1-19-11-8-15(6-9-16-10-7-15)14-17-13(18-20-14)12-4-2-3-5-12/h12,16H,2-11H2,1H3. The SMILES string of the molecule is COCCC1(c2nc(C3CCCC3)no2)CCNCC1.